The van der Waals surface area contributed by atoms with Crippen molar-refractivity contribution in [1.82, 2.24) is 5.32 Å². The minimum atomic E-state index is 0.185. The molecule has 1 aromatic rings. The van der Waals surface area contributed by atoms with Gasteiger partial charge in [-0.15, -0.1) is 0 Å². The maximum Gasteiger partial charge on any atom is 0.119 e. The maximum atomic E-state index is 5.52. The molecule has 1 fully saturated rings. The van der Waals surface area contributed by atoms with Gasteiger partial charge in [0.05, 0.1) is 6.61 Å². The van der Waals surface area contributed by atoms with E-state index >= 15 is 0 Å². The summed E-state index contributed by atoms with van der Waals surface area (Å²) < 4.78 is 5.52. The molecular formula is C16H26N2O. The van der Waals surface area contributed by atoms with Crippen LogP contribution >= 0.6 is 0 Å². The summed E-state index contributed by atoms with van der Waals surface area (Å²) >= 11 is 0. The second-order valence-corrected chi connectivity index (χ2v) is 5.96. The van der Waals surface area contributed by atoms with Crippen molar-refractivity contribution in [1.29, 1.82) is 0 Å². The van der Waals surface area contributed by atoms with Gasteiger partial charge in [-0.3, -0.25) is 0 Å². The molecule has 1 aliphatic rings. The zero-order chi connectivity index (χ0) is 13.9. The zero-order valence-electron chi connectivity index (χ0n) is 12.6. The number of rotatable bonds is 3. The van der Waals surface area contributed by atoms with Gasteiger partial charge >= 0.3 is 0 Å². The summed E-state index contributed by atoms with van der Waals surface area (Å²) in [5, 5.41) is 3.57. The van der Waals surface area contributed by atoms with Crippen LogP contribution in [0.15, 0.2) is 24.3 Å². The number of hydrogen-bond donors (Lipinski definition) is 1. The van der Waals surface area contributed by atoms with Crippen LogP contribution in [-0.4, -0.2) is 31.3 Å². The Kier molecular flexibility index (Phi) is 4.35. The first kappa shape index (κ1) is 14.2. The predicted molar refractivity (Wildman–Crippen MR) is 81.1 cm³/mol. The Labute approximate surface area is 116 Å². The van der Waals surface area contributed by atoms with E-state index in [9.17, 15) is 0 Å². The summed E-state index contributed by atoms with van der Waals surface area (Å²) in [6, 6.07) is 9.00. The van der Waals surface area contributed by atoms with Crippen LogP contribution in [0.25, 0.3) is 0 Å². The molecule has 0 amide bonds. The summed E-state index contributed by atoms with van der Waals surface area (Å²) in [7, 11) is 0. The van der Waals surface area contributed by atoms with E-state index in [-0.39, 0.29) is 5.54 Å². The van der Waals surface area contributed by atoms with E-state index in [2.05, 4.69) is 55.3 Å². The first-order valence-corrected chi connectivity index (χ1v) is 7.27. The molecule has 3 heteroatoms. The van der Waals surface area contributed by atoms with E-state index in [1.165, 1.54) is 5.69 Å². The molecule has 0 bridgehead atoms. The number of hydrogen-bond acceptors (Lipinski definition) is 3. The Morgan fingerprint density at radius 3 is 2.63 bits per heavy atom. The molecule has 2 rings (SSSR count). The lowest BCUT2D eigenvalue weighted by molar-refractivity contribution is 0.340. The molecule has 1 aliphatic heterocycles. The largest absolute Gasteiger partial charge is 0.494 e. The molecule has 0 saturated carbocycles. The minimum absolute atomic E-state index is 0.185. The number of ether oxygens (including phenoxy) is 1. The van der Waals surface area contributed by atoms with Gasteiger partial charge in [-0.2, -0.15) is 0 Å². The lowest BCUT2D eigenvalue weighted by Gasteiger charge is -2.39. The summed E-state index contributed by atoms with van der Waals surface area (Å²) in [5.41, 5.74) is 1.47. The summed E-state index contributed by atoms with van der Waals surface area (Å²) in [4.78, 5) is 2.51. The Bertz CT molecular complexity index is 400. The van der Waals surface area contributed by atoms with Gasteiger partial charge in [0.15, 0.2) is 0 Å². The van der Waals surface area contributed by atoms with Crippen molar-refractivity contribution in [3.05, 3.63) is 24.3 Å². The highest BCUT2D eigenvalue weighted by molar-refractivity contribution is 5.51. The Hall–Kier alpha value is -1.22. The lowest BCUT2D eigenvalue weighted by atomic mass is 9.97. The lowest BCUT2D eigenvalue weighted by Crippen LogP contribution is -2.46. The second-order valence-electron chi connectivity index (χ2n) is 5.96. The molecule has 3 nitrogen and oxygen atoms in total. The fourth-order valence-electron chi connectivity index (χ4n) is 2.69. The van der Waals surface area contributed by atoms with Crippen LogP contribution in [0, 0.1) is 0 Å². The SMILES string of the molecule is CCOc1ccc(N2CC(C)NCCC2(C)C)cc1. The molecule has 0 aromatic heterocycles. The van der Waals surface area contributed by atoms with Crippen molar-refractivity contribution in [2.24, 2.45) is 0 Å². The van der Waals surface area contributed by atoms with Gasteiger partial charge in [0.2, 0.25) is 0 Å². The number of benzene rings is 1. The van der Waals surface area contributed by atoms with Crippen LogP contribution in [0.5, 0.6) is 5.75 Å². The number of nitrogens with one attached hydrogen (secondary N) is 1. The molecule has 0 radical (unpaired) electrons. The predicted octanol–water partition coefficient (Wildman–Crippen LogP) is 3.05. The molecule has 19 heavy (non-hydrogen) atoms. The first-order chi connectivity index (χ1) is 9.03. The van der Waals surface area contributed by atoms with Gasteiger partial charge in [0.1, 0.15) is 5.75 Å². The quantitative estimate of drug-likeness (QED) is 0.906. The van der Waals surface area contributed by atoms with Crippen LogP contribution in [0.2, 0.25) is 0 Å². The van der Waals surface area contributed by atoms with Gasteiger partial charge in [-0.1, -0.05) is 0 Å². The summed E-state index contributed by atoms with van der Waals surface area (Å²) in [6.45, 7) is 11.8. The van der Waals surface area contributed by atoms with E-state index in [1.807, 2.05) is 6.92 Å². The maximum absolute atomic E-state index is 5.52. The van der Waals surface area contributed by atoms with E-state index in [4.69, 9.17) is 4.74 Å². The van der Waals surface area contributed by atoms with Crippen molar-refractivity contribution in [3.63, 3.8) is 0 Å². The van der Waals surface area contributed by atoms with Gasteiger partial charge in [0, 0.05) is 23.8 Å². The summed E-state index contributed by atoms with van der Waals surface area (Å²) in [6.07, 6.45) is 1.16. The molecule has 106 valence electrons. The van der Waals surface area contributed by atoms with Crippen LogP contribution in [0.4, 0.5) is 5.69 Å². The molecule has 1 unspecified atom stereocenters. The Morgan fingerprint density at radius 1 is 1.32 bits per heavy atom. The molecule has 1 N–H and O–H groups in total. The van der Waals surface area contributed by atoms with Crippen molar-refractivity contribution in [2.45, 2.75) is 45.7 Å². The number of anilines is 1. The fourth-order valence-corrected chi connectivity index (χ4v) is 2.69. The van der Waals surface area contributed by atoms with Crippen LogP contribution in [-0.2, 0) is 0 Å². The highest BCUT2D eigenvalue weighted by Crippen LogP contribution is 2.29. The smallest absolute Gasteiger partial charge is 0.119 e. The molecule has 1 atom stereocenters. The number of nitrogens with zero attached hydrogens (tertiary/aromatic N) is 1. The van der Waals surface area contributed by atoms with E-state index < -0.39 is 0 Å². The van der Waals surface area contributed by atoms with Crippen molar-refractivity contribution < 1.29 is 4.74 Å². The molecule has 0 aliphatic carbocycles. The highest BCUT2D eigenvalue weighted by Gasteiger charge is 2.30. The Morgan fingerprint density at radius 2 is 2.00 bits per heavy atom. The molecule has 1 saturated heterocycles. The molecule has 1 heterocycles. The van der Waals surface area contributed by atoms with Gasteiger partial charge in [0.25, 0.3) is 0 Å². The van der Waals surface area contributed by atoms with E-state index in [1.54, 1.807) is 0 Å². The third-order valence-corrected chi connectivity index (χ3v) is 3.88. The van der Waals surface area contributed by atoms with E-state index in [0.29, 0.717) is 6.04 Å². The molecule has 1 aromatic carbocycles. The first-order valence-electron chi connectivity index (χ1n) is 7.27. The van der Waals surface area contributed by atoms with Gasteiger partial charge in [-0.25, -0.2) is 0 Å². The second kappa shape index (κ2) is 5.83. The van der Waals surface area contributed by atoms with Crippen LogP contribution < -0.4 is 15.0 Å². The standard InChI is InChI=1S/C16H26N2O/c1-5-19-15-8-6-14(7-9-15)18-12-13(2)17-11-10-16(18,3)4/h6-9,13,17H,5,10-12H2,1-4H3. The van der Waals surface area contributed by atoms with Gasteiger partial charge in [-0.05, 0) is 64.9 Å². The highest BCUT2D eigenvalue weighted by atomic mass is 16.5. The molecular weight excluding hydrogens is 236 g/mol. The topological polar surface area (TPSA) is 24.5 Å². The minimum Gasteiger partial charge on any atom is -0.494 e. The fraction of sp³-hybridized carbons (Fsp3) is 0.625. The zero-order valence-corrected chi connectivity index (χ0v) is 12.6. The third-order valence-electron chi connectivity index (χ3n) is 3.88. The normalized spacial score (nSPS) is 22.9. The summed E-state index contributed by atoms with van der Waals surface area (Å²) in [5.74, 6) is 0.949. The van der Waals surface area contributed by atoms with Crippen LogP contribution in [0.1, 0.15) is 34.1 Å². The van der Waals surface area contributed by atoms with E-state index in [0.717, 1.165) is 31.9 Å². The van der Waals surface area contributed by atoms with Gasteiger partial charge < -0.3 is 15.0 Å². The Balaban J connectivity index is 2.21. The average molecular weight is 262 g/mol. The molecule has 0 spiro atoms. The third kappa shape index (κ3) is 3.41. The van der Waals surface area contributed by atoms with Crippen LogP contribution in [0.3, 0.4) is 0 Å². The van der Waals surface area contributed by atoms with Crippen molar-refractivity contribution in [2.75, 3.05) is 24.6 Å². The monoisotopic (exact) mass is 262 g/mol. The van der Waals surface area contributed by atoms with Crippen molar-refractivity contribution >= 4 is 5.69 Å². The average Bonchev–Trinajstić information content (AvgIpc) is 2.49. The van der Waals surface area contributed by atoms with Crippen molar-refractivity contribution in [3.8, 4) is 5.75 Å².